The van der Waals surface area contributed by atoms with Crippen LogP contribution in [0.25, 0.3) is 11.3 Å². The fourth-order valence-corrected chi connectivity index (χ4v) is 3.66. The van der Waals surface area contributed by atoms with E-state index in [9.17, 15) is 0 Å². The lowest BCUT2D eigenvalue weighted by atomic mass is 10.1. The van der Waals surface area contributed by atoms with Crippen molar-refractivity contribution in [2.45, 2.75) is 12.6 Å². The van der Waals surface area contributed by atoms with Crippen LogP contribution in [-0.2, 0) is 6.54 Å². The van der Waals surface area contributed by atoms with Crippen molar-refractivity contribution in [2.75, 3.05) is 19.6 Å². The molecular weight excluding hydrogens is 451 g/mol. The number of nitrogens with zero attached hydrogens (tertiary/aromatic N) is 3. The maximum Gasteiger partial charge on any atom is 0.209 e. The van der Waals surface area contributed by atoms with E-state index < -0.39 is 0 Å². The van der Waals surface area contributed by atoms with E-state index >= 15 is 0 Å². The summed E-state index contributed by atoms with van der Waals surface area (Å²) in [6.07, 6.45) is 5.55. The number of benzene rings is 1. The van der Waals surface area contributed by atoms with Crippen molar-refractivity contribution in [3.05, 3.63) is 70.9 Å². The second-order valence-electron chi connectivity index (χ2n) is 6.07. The van der Waals surface area contributed by atoms with Crippen molar-refractivity contribution in [3.8, 4) is 11.3 Å². The first-order valence-electron chi connectivity index (χ1n) is 8.35. The molecule has 1 aromatic carbocycles. The molecule has 1 aliphatic rings. The maximum atomic E-state index is 6.02. The Bertz CT molecular complexity index is 846. The average molecular weight is 472 g/mol. The van der Waals surface area contributed by atoms with Gasteiger partial charge in [-0.3, -0.25) is 9.88 Å². The van der Waals surface area contributed by atoms with E-state index in [0.29, 0.717) is 6.54 Å². The number of hydrogen-bond acceptors (Lipinski definition) is 5. The van der Waals surface area contributed by atoms with E-state index in [1.807, 2.05) is 42.7 Å². The molecule has 1 saturated heterocycles. The second kappa shape index (κ2) is 10.2. The Hall–Kier alpha value is -1.44. The van der Waals surface area contributed by atoms with Gasteiger partial charge in [0.25, 0.3) is 0 Å². The van der Waals surface area contributed by atoms with Gasteiger partial charge < -0.3 is 9.73 Å². The van der Waals surface area contributed by atoms with E-state index in [4.69, 9.17) is 4.42 Å². The fourth-order valence-electron chi connectivity index (χ4n) is 3.18. The van der Waals surface area contributed by atoms with Gasteiger partial charge in [0, 0.05) is 48.1 Å². The Labute approximate surface area is 179 Å². The van der Waals surface area contributed by atoms with Gasteiger partial charge in [-0.25, -0.2) is 4.98 Å². The van der Waals surface area contributed by atoms with Crippen molar-refractivity contribution in [3.63, 3.8) is 0 Å². The van der Waals surface area contributed by atoms with Crippen LogP contribution in [0, 0.1) is 0 Å². The van der Waals surface area contributed by atoms with Gasteiger partial charge in [-0.2, -0.15) is 0 Å². The number of piperazine rings is 1. The molecule has 1 fully saturated rings. The number of hydrogen-bond donors (Lipinski definition) is 1. The van der Waals surface area contributed by atoms with Gasteiger partial charge in [0.2, 0.25) is 5.89 Å². The zero-order valence-electron chi connectivity index (χ0n) is 14.5. The summed E-state index contributed by atoms with van der Waals surface area (Å²) in [5, 5.41) is 3.46. The molecule has 0 aliphatic carbocycles. The zero-order valence-corrected chi connectivity index (χ0v) is 17.8. The Morgan fingerprint density at radius 3 is 2.78 bits per heavy atom. The number of halogens is 3. The van der Waals surface area contributed by atoms with Crippen molar-refractivity contribution >= 4 is 40.7 Å². The van der Waals surface area contributed by atoms with E-state index in [-0.39, 0.29) is 30.9 Å². The van der Waals surface area contributed by atoms with Crippen LogP contribution in [0.15, 0.2) is 63.9 Å². The lowest BCUT2D eigenvalue weighted by Gasteiger charge is -2.35. The molecule has 1 aliphatic heterocycles. The van der Waals surface area contributed by atoms with Crippen LogP contribution in [-0.4, -0.2) is 34.5 Å². The summed E-state index contributed by atoms with van der Waals surface area (Å²) in [7, 11) is 0. The molecule has 1 atom stereocenters. The number of pyridine rings is 1. The van der Waals surface area contributed by atoms with Gasteiger partial charge in [0.15, 0.2) is 5.76 Å². The lowest BCUT2D eigenvalue weighted by molar-refractivity contribution is 0.140. The van der Waals surface area contributed by atoms with Crippen LogP contribution >= 0.6 is 40.7 Å². The molecular formula is C19H21BrCl2N4O. The third-order valence-electron chi connectivity index (χ3n) is 4.45. The molecule has 0 radical (unpaired) electrons. The first-order chi connectivity index (χ1) is 12.3. The monoisotopic (exact) mass is 470 g/mol. The summed E-state index contributed by atoms with van der Waals surface area (Å²) in [4.78, 5) is 11.1. The maximum absolute atomic E-state index is 6.02. The first-order valence-corrected chi connectivity index (χ1v) is 9.15. The van der Waals surface area contributed by atoms with Gasteiger partial charge >= 0.3 is 0 Å². The SMILES string of the molecule is Brc1ccccc1-c1cnc(CN2CCNCC2c2cccnc2)o1.Cl.Cl. The average Bonchev–Trinajstić information content (AvgIpc) is 3.11. The predicted molar refractivity (Wildman–Crippen MR) is 114 cm³/mol. The van der Waals surface area contributed by atoms with Crippen LogP contribution in [0.2, 0.25) is 0 Å². The zero-order chi connectivity index (χ0) is 17.1. The normalized spacial score (nSPS) is 17.0. The minimum Gasteiger partial charge on any atom is -0.439 e. The van der Waals surface area contributed by atoms with Gasteiger partial charge in [-0.05, 0) is 17.7 Å². The minimum atomic E-state index is 0. The van der Waals surface area contributed by atoms with Gasteiger partial charge in [0.05, 0.1) is 12.7 Å². The fraction of sp³-hybridized carbons (Fsp3) is 0.263. The molecule has 3 aromatic rings. The highest BCUT2D eigenvalue weighted by atomic mass is 79.9. The highest BCUT2D eigenvalue weighted by molar-refractivity contribution is 9.10. The lowest BCUT2D eigenvalue weighted by Crippen LogP contribution is -2.45. The Morgan fingerprint density at radius 1 is 1.15 bits per heavy atom. The predicted octanol–water partition coefficient (Wildman–Crippen LogP) is 4.49. The van der Waals surface area contributed by atoms with E-state index in [2.05, 4.69) is 42.2 Å². The Kier molecular flexibility index (Phi) is 8.26. The summed E-state index contributed by atoms with van der Waals surface area (Å²) in [5.41, 5.74) is 2.23. The van der Waals surface area contributed by atoms with Crippen LogP contribution in [0.4, 0.5) is 0 Å². The smallest absolute Gasteiger partial charge is 0.209 e. The molecule has 3 heterocycles. The molecule has 8 heteroatoms. The van der Waals surface area contributed by atoms with Crippen molar-refractivity contribution < 1.29 is 4.42 Å². The number of aromatic nitrogens is 2. The molecule has 0 bridgehead atoms. The molecule has 2 aromatic heterocycles. The standard InChI is InChI=1S/C19H19BrN4O.2ClH/c20-16-6-2-1-5-15(16)18-12-23-19(25-18)13-24-9-8-22-11-17(24)14-4-3-7-21-10-14;;/h1-7,10,12,17,22H,8-9,11,13H2;2*1H. The molecule has 0 saturated carbocycles. The highest BCUT2D eigenvalue weighted by Gasteiger charge is 2.25. The summed E-state index contributed by atoms with van der Waals surface area (Å²) in [5.74, 6) is 1.53. The van der Waals surface area contributed by atoms with E-state index in [1.165, 1.54) is 5.56 Å². The minimum absolute atomic E-state index is 0. The van der Waals surface area contributed by atoms with E-state index in [1.54, 1.807) is 6.20 Å². The van der Waals surface area contributed by atoms with Crippen LogP contribution in [0.1, 0.15) is 17.5 Å². The molecule has 144 valence electrons. The molecule has 1 unspecified atom stereocenters. The molecule has 0 amide bonds. The molecule has 5 nitrogen and oxygen atoms in total. The number of oxazole rings is 1. The molecule has 4 rings (SSSR count). The highest BCUT2D eigenvalue weighted by Crippen LogP contribution is 2.29. The number of rotatable bonds is 4. The van der Waals surface area contributed by atoms with Crippen molar-refractivity contribution in [2.24, 2.45) is 0 Å². The van der Waals surface area contributed by atoms with Crippen molar-refractivity contribution in [1.82, 2.24) is 20.2 Å². The van der Waals surface area contributed by atoms with Crippen LogP contribution in [0.3, 0.4) is 0 Å². The summed E-state index contributed by atoms with van der Waals surface area (Å²) < 4.78 is 7.03. The Balaban J connectivity index is 0.00000131. The third-order valence-corrected chi connectivity index (χ3v) is 5.15. The molecule has 1 N–H and O–H groups in total. The quantitative estimate of drug-likeness (QED) is 0.607. The molecule has 27 heavy (non-hydrogen) atoms. The van der Waals surface area contributed by atoms with Crippen LogP contribution < -0.4 is 5.32 Å². The second-order valence-corrected chi connectivity index (χ2v) is 6.93. The summed E-state index contributed by atoms with van der Waals surface area (Å²) in [6, 6.07) is 12.4. The largest absolute Gasteiger partial charge is 0.439 e. The Morgan fingerprint density at radius 2 is 2.00 bits per heavy atom. The van der Waals surface area contributed by atoms with Crippen LogP contribution in [0.5, 0.6) is 0 Å². The molecule has 0 spiro atoms. The van der Waals surface area contributed by atoms with E-state index in [0.717, 1.165) is 41.3 Å². The van der Waals surface area contributed by atoms with Crippen molar-refractivity contribution in [1.29, 1.82) is 0 Å². The van der Waals surface area contributed by atoms with Gasteiger partial charge in [0.1, 0.15) is 0 Å². The third kappa shape index (κ3) is 5.09. The first kappa shape index (κ1) is 21.9. The summed E-state index contributed by atoms with van der Waals surface area (Å²) in [6.45, 7) is 3.51. The number of nitrogens with one attached hydrogen (secondary N) is 1. The topological polar surface area (TPSA) is 54.2 Å². The summed E-state index contributed by atoms with van der Waals surface area (Å²) >= 11 is 3.57. The van der Waals surface area contributed by atoms with Gasteiger partial charge in [-0.15, -0.1) is 24.8 Å². The van der Waals surface area contributed by atoms with Gasteiger partial charge in [-0.1, -0.05) is 40.2 Å².